The van der Waals surface area contributed by atoms with Crippen molar-refractivity contribution in [1.29, 1.82) is 0 Å². The van der Waals surface area contributed by atoms with Crippen molar-refractivity contribution in [3.05, 3.63) is 36.5 Å². The van der Waals surface area contributed by atoms with E-state index < -0.39 is 6.43 Å². The second kappa shape index (κ2) is 6.32. The number of fused-ring (bicyclic) bond motifs is 1. The molecule has 0 saturated carbocycles. The molecule has 1 N–H and O–H groups in total. The third kappa shape index (κ3) is 3.02. The molecule has 1 atom stereocenters. The van der Waals surface area contributed by atoms with Crippen molar-refractivity contribution in [2.75, 3.05) is 18.0 Å². The summed E-state index contributed by atoms with van der Waals surface area (Å²) in [5.74, 6) is 1.08. The molecule has 4 rings (SSSR count). The maximum atomic E-state index is 12.9. The number of β-amino-alcohol motifs (C(OH)–C–C–N with tert-alkyl or cyclic N) is 1. The van der Waals surface area contributed by atoms with E-state index >= 15 is 0 Å². The topological polar surface area (TPSA) is 79.4 Å². The molecule has 0 spiro atoms. The first-order valence-electron chi connectivity index (χ1n) is 7.99. The maximum absolute atomic E-state index is 12.9. The number of aromatic nitrogens is 5. The number of rotatable bonds is 3. The predicted molar refractivity (Wildman–Crippen MR) is 86.4 cm³/mol. The number of alkyl halides is 2. The summed E-state index contributed by atoms with van der Waals surface area (Å²) >= 11 is 0. The van der Waals surface area contributed by atoms with Crippen LogP contribution in [0.5, 0.6) is 0 Å². The Morgan fingerprint density at radius 1 is 1.20 bits per heavy atom. The van der Waals surface area contributed by atoms with Gasteiger partial charge in [-0.15, -0.1) is 0 Å². The van der Waals surface area contributed by atoms with Gasteiger partial charge in [-0.1, -0.05) is 0 Å². The van der Waals surface area contributed by atoms with Crippen LogP contribution in [0.25, 0.3) is 17.2 Å². The van der Waals surface area contributed by atoms with E-state index in [1.807, 2.05) is 4.90 Å². The molecule has 0 amide bonds. The van der Waals surface area contributed by atoms with E-state index in [0.29, 0.717) is 29.5 Å². The highest BCUT2D eigenvalue weighted by molar-refractivity contribution is 5.58. The van der Waals surface area contributed by atoms with Crippen molar-refractivity contribution in [3.63, 3.8) is 0 Å². The van der Waals surface area contributed by atoms with Crippen LogP contribution in [0.15, 0.2) is 30.9 Å². The molecule has 1 aliphatic heterocycles. The zero-order valence-electron chi connectivity index (χ0n) is 13.3. The molecule has 1 unspecified atom stereocenters. The molecular formula is C16H16F2N6O. The van der Waals surface area contributed by atoms with Crippen LogP contribution in [0.4, 0.5) is 14.6 Å². The van der Waals surface area contributed by atoms with E-state index in [9.17, 15) is 13.9 Å². The first-order valence-corrected chi connectivity index (χ1v) is 7.99. The monoisotopic (exact) mass is 346 g/mol. The van der Waals surface area contributed by atoms with E-state index in [1.165, 1.54) is 23.0 Å². The molecule has 9 heteroatoms. The summed E-state index contributed by atoms with van der Waals surface area (Å²) in [5.41, 5.74) is 0.627. The lowest BCUT2D eigenvalue weighted by Crippen LogP contribution is -2.38. The van der Waals surface area contributed by atoms with Crippen LogP contribution in [-0.4, -0.2) is 48.6 Å². The number of halogens is 2. The van der Waals surface area contributed by atoms with E-state index in [4.69, 9.17) is 0 Å². The van der Waals surface area contributed by atoms with Crippen LogP contribution < -0.4 is 4.90 Å². The molecule has 3 aromatic heterocycles. The number of imidazole rings is 1. The van der Waals surface area contributed by atoms with Gasteiger partial charge in [-0.2, -0.15) is 0 Å². The summed E-state index contributed by atoms with van der Waals surface area (Å²) in [6.07, 6.45) is 4.34. The Morgan fingerprint density at radius 2 is 2.08 bits per heavy atom. The van der Waals surface area contributed by atoms with Gasteiger partial charge >= 0.3 is 0 Å². The first kappa shape index (κ1) is 15.8. The minimum absolute atomic E-state index is 0.331. The van der Waals surface area contributed by atoms with Crippen molar-refractivity contribution in [2.45, 2.75) is 25.4 Å². The molecule has 1 aliphatic rings. The van der Waals surface area contributed by atoms with Crippen LogP contribution in [0.3, 0.4) is 0 Å². The standard InChI is InChI=1S/C16H16F2N6O/c17-15(18)11-9-24-12(6-21-14(24)7-20-11)16-19-4-3-13(22-16)23-5-1-2-10(25)8-23/h3-4,6-7,9-10,15,25H,1-2,5,8H2. The van der Waals surface area contributed by atoms with Crippen LogP contribution in [-0.2, 0) is 0 Å². The largest absolute Gasteiger partial charge is 0.391 e. The fourth-order valence-corrected chi connectivity index (χ4v) is 2.99. The van der Waals surface area contributed by atoms with Gasteiger partial charge in [-0.3, -0.25) is 4.40 Å². The Morgan fingerprint density at radius 3 is 2.88 bits per heavy atom. The lowest BCUT2D eigenvalue weighted by molar-refractivity contribution is 0.145. The highest BCUT2D eigenvalue weighted by Crippen LogP contribution is 2.23. The third-order valence-electron chi connectivity index (χ3n) is 4.23. The Hall–Kier alpha value is -2.68. The van der Waals surface area contributed by atoms with Crippen LogP contribution in [0.1, 0.15) is 25.0 Å². The van der Waals surface area contributed by atoms with Gasteiger partial charge in [0.15, 0.2) is 11.5 Å². The Bertz CT molecular complexity index is 899. The lowest BCUT2D eigenvalue weighted by Gasteiger charge is -2.31. The van der Waals surface area contributed by atoms with Gasteiger partial charge in [0.25, 0.3) is 6.43 Å². The highest BCUT2D eigenvalue weighted by atomic mass is 19.3. The summed E-state index contributed by atoms with van der Waals surface area (Å²) in [7, 11) is 0. The van der Waals surface area contributed by atoms with Crippen molar-refractivity contribution in [3.8, 4) is 11.5 Å². The lowest BCUT2D eigenvalue weighted by atomic mass is 10.1. The minimum atomic E-state index is -2.67. The molecule has 1 fully saturated rings. The van der Waals surface area contributed by atoms with E-state index in [-0.39, 0.29) is 11.8 Å². The van der Waals surface area contributed by atoms with Crippen LogP contribution in [0.2, 0.25) is 0 Å². The molecule has 0 bridgehead atoms. The molecule has 3 aromatic rings. The molecule has 0 aliphatic carbocycles. The van der Waals surface area contributed by atoms with E-state index in [2.05, 4.69) is 19.9 Å². The van der Waals surface area contributed by atoms with Crippen molar-refractivity contribution in [2.24, 2.45) is 0 Å². The molecule has 7 nitrogen and oxygen atoms in total. The van der Waals surface area contributed by atoms with E-state index in [1.54, 1.807) is 12.3 Å². The number of aliphatic hydroxyl groups excluding tert-OH is 1. The number of nitrogens with zero attached hydrogens (tertiary/aromatic N) is 6. The summed E-state index contributed by atoms with van der Waals surface area (Å²) in [4.78, 5) is 18.7. The number of anilines is 1. The molecule has 0 aromatic carbocycles. The van der Waals surface area contributed by atoms with Crippen molar-refractivity contribution in [1.82, 2.24) is 24.3 Å². The van der Waals surface area contributed by atoms with Crippen LogP contribution in [0, 0.1) is 0 Å². The van der Waals surface area contributed by atoms with Gasteiger partial charge in [0, 0.05) is 25.5 Å². The second-order valence-electron chi connectivity index (χ2n) is 5.97. The number of hydrogen-bond acceptors (Lipinski definition) is 6. The molecule has 25 heavy (non-hydrogen) atoms. The van der Waals surface area contributed by atoms with Gasteiger partial charge in [-0.25, -0.2) is 28.7 Å². The summed E-state index contributed by atoms with van der Waals surface area (Å²) in [6.45, 7) is 1.32. The predicted octanol–water partition coefficient (Wildman–Crippen LogP) is 2.08. The zero-order chi connectivity index (χ0) is 17.4. The fourth-order valence-electron chi connectivity index (χ4n) is 2.99. The van der Waals surface area contributed by atoms with Gasteiger partial charge in [0.05, 0.1) is 18.5 Å². The minimum Gasteiger partial charge on any atom is -0.391 e. The summed E-state index contributed by atoms with van der Waals surface area (Å²) in [5, 5.41) is 9.84. The first-order chi connectivity index (χ1) is 12.1. The van der Waals surface area contributed by atoms with Gasteiger partial charge in [-0.05, 0) is 18.9 Å². The molecule has 4 heterocycles. The van der Waals surface area contributed by atoms with Crippen LogP contribution >= 0.6 is 0 Å². The number of piperidine rings is 1. The molecule has 1 saturated heterocycles. The van der Waals surface area contributed by atoms with Crippen molar-refractivity contribution < 1.29 is 13.9 Å². The van der Waals surface area contributed by atoms with E-state index in [0.717, 1.165) is 19.4 Å². The van der Waals surface area contributed by atoms with Gasteiger partial charge in [0.2, 0.25) is 0 Å². The second-order valence-corrected chi connectivity index (χ2v) is 5.97. The normalized spacial score (nSPS) is 18.2. The average Bonchev–Trinajstić information content (AvgIpc) is 3.05. The Labute approximate surface area is 142 Å². The highest BCUT2D eigenvalue weighted by Gasteiger charge is 2.20. The number of aliphatic hydroxyl groups is 1. The van der Waals surface area contributed by atoms with Gasteiger partial charge in [0.1, 0.15) is 17.2 Å². The van der Waals surface area contributed by atoms with Gasteiger partial charge < -0.3 is 10.0 Å². The zero-order valence-corrected chi connectivity index (χ0v) is 13.3. The van der Waals surface area contributed by atoms with Crippen molar-refractivity contribution >= 4 is 11.5 Å². The average molecular weight is 346 g/mol. The fraction of sp³-hybridized carbons (Fsp3) is 0.375. The summed E-state index contributed by atoms with van der Waals surface area (Å²) in [6, 6.07) is 1.77. The Kier molecular flexibility index (Phi) is 4.00. The summed E-state index contributed by atoms with van der Waals surface area (Å²) < 4.78 is 27.4. The quantitative estimate of drug-likeness (QED) is 0.782. The third-order valence-corrected chi connectivity index (χ3v) is 4.23. The molecule has 130 valence electrons. The number of hydrogen-bond donors (Lipinski definition) is 1. The smallest absolute Gasteiger partial charge is 0.281 e. The molecule has 0 radical (unpaired) electrons. The maximum Gasteiger partial charge on any atom is 0.281 e. The SMILES string of the molecule is OC1CCCN(c2ccnc(-c3cnc4cnc(C(F)F)cn34)n2)C1. The Balaban J connectivity index is 1.73. The molecular weight excluding hydrogens is 330 g/mol.